The monoisotopic (exact) mass is 543 g/mol. The van der Waals surface area contributed by atoms with E-state index in [2.05, 4.69) is 79.7 Å². The molecule has 0 spiro atoms. The molecule has 1 aromatic rings. The summed E-state index contributed by atoms with van der Waals surface area (Å²) in [4.78, 5) is 15.1. The van der Waals surface area contributed by atoms with E-state index in [4.69, 9.17) is 0 Å². The van der Waals surface area contributed by atoms with E-state index < -0.39 is 0 Å². The Morgan fingerprint density at radius 3 is 2.33 bits per heavy atom. The molecule has 1 heterocycles. The molecule has 0 radical (unpaired) electrons. The molecule has 5 heteroatoms. The molecule has 0 bridgehead atoms. The summed E-state index contributed by atoms with van der Waals surface area (Å²) in [6.45, 7) is 2.15. The lowest BCUT2D eigenvalue weighted by molar-refractivity contribution is 0.0978. The second-order valence-electron chi connectivity index (χ2n) is 3.32. The van der Waals surface area contributed by atoms with Crippen molar-refractivity contribution in [3.8, 4) is 0 Å². The lowest BCUT2D eigenvalue weighted by atomic mass is 10.1. The van der Waals surface area contributed by atoms with Crippen molar-refractivity contribution in [2.24, 2.45) is 0 Å². The topological polar surface area (TPSA) is 32.9 Å². The standard InChI is InChI=1S/C10H12I3NO/c1-2-3-4-5-6(15)7-8(11)10(13)14-9(7)12/h14H,2-5H2,1H3. The second kappa shape index (κ2) is 6.77. The number of ketones is 1. The molecule has 0 aliphatic heterocycles. The summed E-state index contributed by atoms with van der Waals surface area (Å²) in [5.74, 6) is 0.274. The zero-order valence-electron chi connectivity index (χ0n) is 8.37. The SMILES string of the molecule is CCCCCC(=O)c1c(I)[nH]c(I)c1I. The van der Waals surface area contributed by atoms with Crippen LogP contribution in [0.25, 0.3) is 0 Å². The number of carbonyl (C=O) groups excluding carboxylic acids is 1. The third-order valence-electron chi connectivity index (χ3n) is 2.14. The first-order valence-corrected chi connectivity index (χ1v) is 8.07. The Morgan fingerprint density at radius 1 is 1.20 bits per heavy atom. The molecule has 1 rings (SSSR count). The van der Waals surface area contributed by atoms with Gasteiger partial charge in [-0.2, -0.15) is 0 Å². The molecular weight excluding hydrogens is 531 g/mol. The van der Waals surface area contributed by atoms with Crippen LogP contribution in [0.1, 0.15) is 43.0 Å². The van der Waals surface area contributed by atoms with E-state index in [-0.39, 0.29) is 5.78 Å². The number of hydrogen-bond acceptors (Lipinski definition) is 1. The summed E-state index contributed by atoms with van der Waals surface area (Å²) < 4.78 is 3.11. The van der Waals surface area contributed by atoms with Crippen LogP contribution in [-0.4, -0.2) is 10.8 Å². The van der Waals surface area contributed by atoms with Gasteiger partial charge in [0.05, 0.1) is 16.5 Å². The smallest absolute Gasteiger partial charge is 0.166 e. The van der Waals surface area contributed by atoms with Gasteiger partial charge < -0.3 is 4.98 Å². The molecule has 15 heavy (non-hydrogen) atoms. The first-order chi connectivity index (χ1) is 7.07. The van der Waals surface area contributed by atoms with Crippen LogP contribution in [0.3, 0.4) is 0 Å². The average molecular weight is 543 g/mol. The van der Waals surface area contributed by atoms with Crippen molar-refractivity contribution in [2.45, 2.75) is 32.6 Å². The molecule has 1 N–H and O–H groups in total. The maximum absolute atomic E-state index is 11.9. The van der Waals surface area contributed by atoms with Crippen molar-refractivity contribution < 1.29 is 4.79 Å². The van der Waals surface area contributed by atoms with Gasteiger partial charge in [-0.05, 0) is 74.2 Å². The maximum Gasteiger partial charge on any atom is 0.166 e. The number of H-pyrrole nitrogens is 1. The highest BCUT2D eigenvalue weighted by Crippen LogP contribution is 2.25. The van der Waals surface area contributed by atoms with E-state index in [1.165, 1.54) is 0 Å². The highest BCUT2D eigenvalue weighted by atomic mass is 127. The average Bonchev–Trinajstić information content (AvgIpc) is 2.41. The van der Waals surface area contributed by atoms with Gasteiger partial charge in [-0.25, -0.2) is 0 Å². The lowest BCUT2D eigenvalue weighted by Gasteiger charge is -1.99. The van der Waals surface area contributed by atoms with Crippen molar-refractivity contribution in [1.29, 1.82) is 0 Å². The van der Waals surface area contributed by atoms with Crippen molar-refractivity contribution in [1.82, 2.24) is 4.98 Å². The summed E-state index contributed by atoms with van der Waals surface area (Å²) >= 11 is 6.66. The van der Waals surface area contributed by atoms with Crippen LogP contribution in [-0.2, 0) is 0 Å². The molecule has 0 aromatic carbocycles. The van der Waals surface area contributed by atoms with E-state index in [1.807, 2.05) is 0 Å². The normalized spacial score (nSPS) is 10.7. The Morgan fingerprint density at radius 2 is 1.87 bits per heavy atom. The second-order valence-corrected chi connectivity index (χ2v) is 6.56. The molecule has 1 aromatic heterocycles. The minimum Gasteiger partial charge on any atom is -0.344 e. The van der Waals surface area contributed by atoms with Crippen molar-refractivity contribution in [3.63, 3.8) is 0 Å². The highest BCUT2D eigenvalue weighted by Gasteiger charge is 2.18. The molecule has 0 fully saturated rings. The Kier molecular flexibility index (Phi) is 6.41. The van der Waals surface area contributed by atoms with Crippen LogP contribution in [0.4, 0.5) is 0 Å². The molecule has 0 aliphatic rings. The number of nitrogens with one attached hydrogen (secondary N) is 1. The summed E-state index contributed by atoms with van der Waals surface area (Å²) in [6, 6.07) is 0. The molecule has 2 nitrogen and oxygen atoms in total. The lowest BCUT2D eigenvalue weighted by Crippen LogP contribution is -2.01. The fraction of sp³-hybridized carbons (Fsp3) is 0.500. The predicted molar refractivity (Wildman–Crippen MR) is 87.4 cm³/mol. The van der Waals surface area contributed by atoms with Gasteiger partial charge in [0.25, 0.3) is 0 Å². The quantitative estimate of drug-likeness (QED) is 0.330. The van der Waals surface area contributed by atoms with Crippen LogP contribution in [0, 0.1) is 11.0 Å². The van der Waals surface area contributed by atoms with E-state index in [0.717, 1.165) is 35.8 Å². The van der Waals surface area contributed by atoms with Gasteiger partial charge in [-0.3, -0.25) is 4.79 Å². The third kappa shape index (κ3) is 3.83. The largest absolute Gasteiger partial charge is 0.344 e. The van der Waals surface area contributed by atoms with Gasteiger partial charge in [0.1, 0.15) is 0 Å². The molecule has 0 aliphatic carbocycles. The van der Waals surface area contributed by atoms with Gasteiger partial charge in [0.2, 0.25) is 0 Å². The van der Waals surface area contributed by atoms with Crippen molar-refractivity contribution in [3.05, 3.63) is 16.5 Å². The van der Waals surface area contributed by atoms with Crippen LogP contribution in [0.2, 0.25) is 0 Å². The van der Waals surface area contributed by atoms with Gasteiger partial charge in [-0.15, -0.1) is 0 Å². The number of carbonyl (C=O) groups is 1. The predicted octanol–water partition coefficient (Wildman–Crippen LogP) is 4.59. The van der Waals surface area contributed by atoms with Crippen LogP contribution >= 0.6 is 67.8 Å². The van der Waals surface area contributed by atoms with E-state index in [9.17, 15) is 4.79 Å². The number of halogens is 3. The third-order valence-corrected chi connectivity index (χ3v) is 5.87. The number of aromatic amines is 1. The van der Waals surface area contributed by atoms with Gasteiger partial charge in [0.15, 0.2) is 5.78 Å². The van der Waals surface area contributed by atoms with E-state index >= 15 is 0 Å². The minimum absolute atomic E-state index is 0.274. The number of rotatable bonds is 5. The van der Waals surface area contributed by atoms with Crippen LogP contribution in [0.5, 0.6) is 0 Å². The molecule has 0 saturated heterocycles. The van der Waals surface area contributed by atoms with Gasteiger partial charge in [-0.1, -0.05) is 19.8 Å². The van der Waals surface area contributed by atoms with Crippen LogP contribution in [0.15, 0.2) is 0 Å². The summed E-state index contributed by atoms with van der Waals surface area (Å²) in [5.41, 5.74) is 0.886. The molecule has 0 atom stereocenters. The van der Waals surface area contributed by atoms with Crippen LogP contribution < -0.4 is 0 Å². The Balaban J connectivity index is 2.73. The Hall–Kier alpha value is 1.14. The van der Waals surface area contributed by atoms with Gasteiger partial charge in [0, 0.05) is 6.42 Å². The van der Waals surface area contributed by atoms with E-state index in [1.54, 1.807) is 0 Å². The van der Waals surface area contributed by atoms with Gasteiger partial charge >= 0.3 is 0 Å². The number of aromatic nitrogens is 1. The summed E-state index contributed by atoms with van der Waals surface area (Å²) in [6.07, 6.45) is 3.98. The Bertz CT molecular complexity index is 360. The molecular formula is C10H12I3NO. The number of hydrogen-bond donors (Lipinski definition) is 1. The number of Topliss-reactive ketones (excluding diaryl/α,β-unsaturated/α-hetero) is 1. The maximum atomic E-state index is 11.9. The fourth-order valence-corrected chi connectivity index (χ4v) is 4.44. The molecule has 84 valence electrons. The molecule has 0 saturated carbocycles. The highest BCUT2D eigenvalue weighted by molar-refractivity contribution is 14.1. The zero-order valence-corrected chi connectivity index (χ0v) is 14.8. The first-order valence-electron chi connectivity index (χ1n) is 4.83. The fourth-order valence-electron chi connectivity index (χ4n) is 1.33. The molecule has 0 unspecified atom stereocenters. The van der Waals surface area contributed by atoms with Crippen molar-refractivity contribution in [2.75, 3.05) is 0 Å². The molecule has 0 amide bonds. The summed E-state index contributed by atoms with van der Waals surface area (Å²) in [5, 5.41) is 0. The Labute approximate surface area is 131 Å². The van der Waals surface area contributed by atoms with E-state index in [0.29, 0.717) is 6.42 Å². The first kappa shape index (κ1) is 14.2. The zero-order chi connectivity index (χ0) is 11.4. The summed E-state index contributed by atoms with van der Waals surface area (Å²) in [7, 11) is 0. The minimum atomic E-state index is 0.274. The van der Waals surface area contributed by atoms with Crippen molar-refractivity contribution >= 4 is 73.6 Å². The number of unbranched alkanes of at least 4 members (excludes halogenated alkanes) is 2.